The molecule has 112 valence electrons. The van der Waals surface area contributed by atoms with E-state index in [0.717, 1.165) is 11.1 Å². The number of aliphatic hydroxyl groups excluding tert-OH is 2. The molecule has 2 nitrogen and oxygen atoms in total. The van der Waals surface area contributed by atoms with E-state index in [1.54, 1.807) is 12.1 Å². The second-order valence-corrected chi connectivity index (χ2v) is 5.79. The highest BCUT2D eigenvalue weighted by Crippen LogP contribution is 2.31. The molecule has 0 aliphatic heterocycles. The summed E-state index contributed by atoms with van der Waals surface area (Å²) in [4.78, 5) is 0. The molecule has 0 bridgehead atoms. The SMILES string of the molecule is Cc1ccc(CC(CO)(CO)c2cccc(F)c2)c(Cl)c1. The van der Waals surface area contributed by atoms with Gasteiger partial charge in [-0.05, 0) is 48.2 Å². The van der Waals surface area contributed by atoms with Crippen molar-refractivity contribution in [3.8, 4) is 0 Å². The van der Waals surface area contributed by atoms with Gasteiger partial charge in [-0.1, -0.05) is 35.9 Å². The molecule has 2 rings (SSSR count). The van der Waals surface area contributed by atoms with E-state index < -0.39 is 11.2 Å². The molecule has 2 N–H and O–H groups in total. The smallest absolute Gasteiger partial charge is 0.123 e. The van der Waals surface area contributed by atoms with Crippen LogP contribution in [0.25, 0.3) is 0 Å². The van der Waals surface area contributed by atoms with Crippen molar-refractivity contribution in [2.75, 3.05) is 13.2 Å². The van der Waals surface area contributed by atoms with Crippen LogP contribution in [0.4, 0.5) is 4.39 Å². The number of halogens is 2. The molecule has 0 amide bonds. The van der Waals surface area contributed by atoms with E-state index in [4.69, 9.17) is 11.6 Å². The Labute approximate surface area is 128 Å². The molecule has 2 aromatic carbocycles. The molecule has 4 heteroatoms. The molecule has 0 aliphatic carbocycles. The van der Waals surface area contributed by atoms with Crippen molar-refractivity contribution in [3.05, 3.63) is 70.0 Å². The van der Waals surface area contributed by atoms with Crippen LogP contribution in [0.1, 0.15) is 16.7 Å². The van der Waals surface area contributed by atoms with Gasteiger partial charge >= 0.3 is 0 Å². The number of aryl methyl sites for hydroxylation is 1. The summed E-state index contributed by atoms with van der Waals surface area (Å²) < 4.78 is 13.5. The fraction of sp³-hybridized carbons (Fsp3) is 0.294. The standard InChI is InChI=1S/C17H18ClFO2/c1-12-5-6-13(16(18)7-12)9-17(10-20,11-21)14-3-2-4-15(19)8-14/h2-8,20-21H,9-11H2,1H3. The van der Waals surface area contributed by atoms with Crippen molar-refractivity contribution >= 4 is 11.6 Å². The molecule has 0 aliphatic rings. The first-order chi connectivity index (χ1) is 10.0. The number of rotatable bonds is 5. The Morgan fingerprint density at radius 2 is 1.81 bits per heavy atom. The van der Waals surface area contributed by atoms with E-state index in [9.17, 15) is 14.6 Å². The summed E-state index contributed by atoms with van der Waals surface area (Å²) in [7, 11) is 0. The van der Waals surface area contributed by atoms with Crippen molar-refractivity contribution in [2.45, 2.75) is 18.8 Å². The first-order valence-corrected chi connectivity index (χ1v) is 7.11. The lowest BCUT2D eigenvalue weighted by Crippen LogP contribution is -2.37. The number of hydrogen-bond donors (Lipinski definition) is 2. The predicted molar refractivity (Wildman–Crippen MR) is 82.1 cm³/mol. The summed E-state index contributed by atoms with van der Waals surface area (Å²) in [6.45, 7) is 1.35. The van der Waals surface area contributed by atoms with Gasteiger partial charge in [0.05, 0.1) is 13.2 Å². The van der Waals surface area contributed by atoms with E-state index in [0.29, 0.717) is 17.0 Å². The minimum atomic E-state index is -0.957. The quantitative estimate of drug-likeness (QED) is 0.890. The molecule has 0 radical (unpaired) electrons. The molecular weight excluding hydrogens is 291 g/mol. The van der Waals surface area contributed by atoms with Crippen molar-refractivity contribution in [1.29, 1.82) is 0 Å². The van der Waals surface area contributed by atoms with Crippen LogP contribution in [0, 0.1) is 12.7 Å². The minimum absolute atomic E-state index is 0.294. The van der Waals surface area contributed by atoms with E-state index in [2.05, 4.69) is 0 Å². The molecule has 2 aromatic rings. The van der Waals surface area contributed by atoms with Crippen molar-refractivity contribution in [2.24, 2.45) is 0 Å². The Morgan fingerprint density at radius 1 is 1.10 bits per heavy atom. The van der Waals surface area contributed by atoms with Gasteiger partial charge in [-0.3, -0.25) is 0 Å². The third-order valence-electron chi connectivity index (χ3n) is 3.78. The number of aliphatic hydroxyl groups is 2. The van der Waals surface area contributed by atoms with Crippen LogP contribution < -0.4 is 0 Å². The molecule has 0 saturated carbocycles. The van der Waals surface area contributed by atoms with E-state index >= 15 is 0 Å². The van der Waals surface area contributed by atoms with Gasteiger partial charge in [-0.2, -0.15) is 0 Å². The van der Waals surface area contributed by atoms with Gasteiger partial charge in [-0.15, -0.1) is 0 Å². The maximum Gasteiger partial charge on any atom is 0.123 e. The zero-order valence-corrected chi connectivity index (χ0v) is 12.6. The van der Waals surface area contributed by atoms with Crippen LogP contribution in [0.5, 0.6) is 0 Å². The Morgan fingerprint density at radius 3 is 2.38 bits per heavy atom. The van der Waals surface area contributed by atoms with Crippen LogP contribution in [-0.4, -0.2) is 23.4 Å². The average Bonchev–Trinajstić information content (AvgIpc) is 2.47. The Balaban J connectivity index is 2.43. The summed E-state index contributed by atoms with van der Waals surface area (Å²) in [5, 5.41) is 20.2. The van der Waals surface area contributed by atoms with Crippen molar-refractivity contribution < 1.29 is 14.6 Å². The lowest BCUT2D eigenvalue weighted by atomic mass is 9.76. The molecular formula is C17H18ClFO2. The van der Waals surface area contributed by atoms with Crippen LogP contribution >= 0.6 is 11.6 Å². The third-order valence-corrected chi connectivity index (χ3v) is 4.13. The zero-order chi connectivity index (χ0) is 15.5. The summed E-state index contributed by atoms with van der Waals surface area (Å²) in [5.74, 6) is -0.395. The normalized spacial score (nSPS) is 11.7. The van der Waals surface area contributed by atoms with Gasteiger partial charge in [0.2, 0.25) is 0 Å². The fourth-order valence-electron chi connectivity index (χ4n) is 2.43. The lowest BCUT2D eigenvalue weighted by molar-refractivity contribution is 0.116. The first kappa shape index (κ1) is 16.0. The second kappa shape index (κ2) is 6.56. The maximum atomic E-state index is 13.5. The molecule has 0 spiro atoms. The van der Waals surface area contributed by atoms with Gasteiger partial charge in [0.25, 0.3) is 0 Å². The predicted octanol–water partition coefficient (Wildman–Crippen LogP) is 3.25. The Bertz CT molecular complexity index is 624. The highest BCUT2D eigenvalue weighted by atomic mass is 35.5. The van der Waals surface area contributed by atoms with Crippen LogP contribution in [0.2, 0.25) is 5.02 Å². The summed E-state index contributed by atoms with van der Waals surface area (Å²) in [6.07, 6.45) is 0.336. The lowest BCUT2D eigenvalue weighted by Gasteiger charge is -2.31. The molecule has 0 fully saturated rings. The molecule has 0 atom stereocenters. The maximum absolute atomic E-state index is 13.5. The van der Waals surface area contributed by atoms with Gasteiger partial charge in [0.15, 0.2) is 0 Å². The third kappa shape index (κ3) is 3.43. The molecule has 0 aromatic heterocycles. The van der Waals surface area contributed by atoms with Gasteiger partial charge in [-0.25, -0.2) is 4.39 Å². The average molecular weight is 309 g/mol. The van der Waals surface area contributed by atoms with E-state index in [1.807, 2.05) is 25.1 Å². The summed E-state index contributed by atoms with van der Waals surface area (Å²) in [6, 6.07) is 11.6. The highest BCUT2D eigenvalue weighted by Gasteiger charge is 2.32. The van der Waals surface area contributed by atoms with E-state index in [1.165, 1.54) is 12.1 Å². The largest absolute Gasteiger partial charge is 0.395 e. The Kier molecular flexibility index (Phi) is 4.99. The molecule has 0 unspecified atom stereocenters. The molecule has 0 heterocycles. The van der Waals surface area contributed by atoms with Gasteiger partial charge in [0, 0.05) is 10.4 Å². The first-order valence-electron chi connectivity index (χ1n) is 6.73. The monoisotopic (exact) mass is 308 g/mol. The van der Waals surface area contributed by atoms with Gasteiger partial charge in [0.1, 0.15) is 5.82 Å². The van der Waals surface area contributed by atoms with E-state index in [-0.39, 0.29) is 13.2 Å². The number of hydrogen-bond acceptors (Lipinski definition) is 2. The van der Waals surface area contributed by atoms with Crippen molar-refractivity contribution in [1.82, 2.24) is 0 Å². The van der Waals surface area contributed by atoms with Crippen LogP contribution in [0.15, 0.2) is 42.5 Å². The van der Waals surface area contributed by atoms with Crippen LogP contribution in [0.3, 0.4) is 0 Å². The summed E-state index contributed by atoms with van der Waals surface area (Å²) in [5.41, 5.74) is 1.45. The fourth-order valence-corrected chi connectivity index (χ4v) is 2.73. The van der Waals surface area contributed by atoms with Gasteiger partial charge < -0.3 is 10.2 Å². The van der Waals surface area contributed by atoms with Crippen molar-refractivity contribution in [3.63, 3.8) is 0 Å². The summed E-state index contributed by atoms with van der Waals surface area (Å²) >= 11 is 6.23. The highest BCUT2D eigenvalue weighted by molar-refractivity contribution is 6.31. The molecule has 21 heavy (non-hydrogen) atoms. The number of benzene rings is 2. The molecule has 0 saturated heterocycles. The van der Waals surface area contributed by atoms with Crippen LogP contribution in [-0.2, 0) is 11.8 Å². The zero-order valence-electron chi connectivity index (χ0n) is 11.8. The Hall–Kier alpha value is -1.42. The topological polar surface area (TPSA) is 40.5 Å². The second-order valence-electron chi connectivity index (χ2n) is 5.38. The minimum Gasteiger partial charge on any atom is -0.395 e.